The Kier molecular flexibility index (Phi) is 23.2. The monoisotopic (exact) mass is 1350 g/mol. The molecule has 1 N–H and O–H groups in total. The maximum absolute atomic E-state index is 15.1. The first-order valence-electron chi connectivity index (χ1n) is 33.2. The standard InChI is InChI=1S/C82H81NO13SSi/c1-57-44-48-66(49-45-57)97-80-76(89-52-59-30-14-6-15-31-59)75(88-51-58-28-12-5-13-29-58)73(70(94-80)56-92-98(82(2,3)4,67-40-22-10-23-41-67)68-42-24-11-25-43-68)96-79-71(83-81(86)91-53-60-32-16-7-17-33-60)74(95-78(85)64-37-20-9-21-38-64)72(69(93-79)55-90-77(84)63-35-18-8-19-36-63)87-54-61-46-47-62-34-26-27-39-65(62)50-61/h5-50,69-76,79-80H,51-56H2,1-4H3,(H,83,86)/t69-,70-,71-,72-,73-,74-,75+,76-,79-,80+/m1/s1. The Morgan fingerprint density at radius 1 is 0.449 bits per heavy atom. The molecule has 0 bridgehead atoms. The van der Waals surface area contributed by atoms with Gasteiger partial charge in [-0.3, -0.25) is 0 Å². The Balaban J connectivity index is 1.03. The lowest BCUT2D eigenvalue weighted by Gasteiger charge is -2.51. The SMILES string of the molecule is Cc1ccc(S[C@@H]2O[C@H](CO[Si](c3ccccc3)(c3ccccc3)C(C)(C)C)[C@@H](O[C@H]3O[C@H](COC(=O)c4ccccc4)[C@@H](OCc4ccc5ccccc5c4)[C@H](OC(=O)c4ccccc4)[C@H]3NC(=O)OCc3ccccc3)[C@H](OCc3ccccc3)[C@H]2OCc2ccccc2)cc1. The maximum Gasteiger partial charge on any atom is 0.407 e. The van der Waals surface area contributed by atoms with Crippen molar-refractivity contribution in [2.24, 2.45) is 0 Å². The summed E-state index contributed by atoms with van der Waals surface area (Å²) >= 11 is 1.50. The van der Waals surface area contributed by atoms with Crippen LogP contribution in [0.1, 0.15) is 69.3 Å². The quantitative estimate of drug-likeness (QED) is 0.0310. The second kappa shape index (κ2) is 33.0. The molecule has 10 atom stereocenters. The van der Waals surface area contributed by atoms with Crippen LogP contribution in [0.15, 0.2) is 284 Å². The van der Waals surface area contributed by atoms with Gasteiger partial charge in [-0.15, -0.1) is 0 Å². The van der Waals surface area contributed by atoms with Gasteiger partial charge in [0.05, 0.1) is 37.6 Å². The van der Waals surface area contributed by atoms with E-state index in [2.05, 4.69) is 74.6 Å². The molecule has 98 heavy (non-hydrogen) atoms. The van der Waals surface area contributed by atoms with Crippen LogP contribution in [0.25, 0.3) is 10.8 Å². The molecule has 2 saturated heterocycles. The first-order valence-corrected chi connectivity index (χ1v) is 35.9. The van der Waals surface area contributed by atoms with Gasteiger partial charge in [0.25, 0.3) is 8.32 Å². The van der Waals surface area contributed by atoms with Crippen molar-refractivity contribution in [3.05, 3.63) is 318 Å². The molecule has 2 heterocycles. The Hall–Kier alpha value is -9.04. The van der Waals surface area contributed by atoms with Gasteiger partial charge in [-0.25, -0.2) is 14.4 Å². The van der Waals surface area contributed by atoms with Crippen LogP contribution >= 0.6 is 11.8 Å². The highest BCUT2D eigenvalue weighted by molar-refractivity contribution is 7.99. The summed E-state index contributed by atoms with van der Waals surface area (Å²) < 4.78 is 71.6. The molecular weight excluding hydrogens is 1270 g/mol. The third-order valence-corrected chi connectivity index (χ3v) is 23.8. The second-order valence-corrected chi connectivity index (χ2v) is 31.0. The first-order chi connectivity index (χ1) is 47.8. The molecule has 0 saturated carbocycles. The van der Waals surface area contributed by atoms with Crippen LogP contribution in [0, 0.1) is 6.92 Å². The summed E-state index contributed by atoms with van der Waals surface area (Å²) in [6, 6.07) is 87.7. The number of hydrogen-bond acceptors (Lipinski definition) is 14. The average Bonchev–Trinajstić information content (AvgIpc) is 0.737. The van der Waals surface area contributed by atoms with Crippen molar-refractivity contribution in [3.8, 4) is 0 Å². The van der Waals surface area contributed by atoms with Crippen LogP contribution in [0.5, 0.6) is 0 Å². The Morgan fingerprint density at radius 2 is 0.929 bits per heavy atom. The van der Waals surface area contributed by atoms with Crippen LogP contribution in [0.3, 0.4) is 0 Å². The molecular formula is C82H81NO13SSi. The van der Waals surface area contributed by atoms with Gasteiger partial charge in [-0.1, -0.05) is 275 Å². The van der Waals surface area contributed by atoms with Crippen LogP contribution in [0.2, 0.25) is 5.04 Å². The van der Waals surface area contributed by atoms with Gasteiger partial charge >= 0.3 is 18.0 Å². The lowest BCUT2D eigenvalue weighted by Crippen LogP contribution is -2.70. The number of nitrogens with one attached hydrogen (secondary N) is 1. The van der Waals surface area contributed by atoms with Crippen LogP contribution in [-0.2, 0) is 73.5 Å². The number of ether oxygens (including phenoxy) is 9. The van der Waals surface area contributed by atoms with E-state index in [0.29, 0.717) is 5.56 Å². The minimum absolute atomic E-state index is 0.0356. The predicted molar refractivity (Wildman–Crippen MR) is 381 cm³/mol. The van der Waals surface area contributed by atoms with Gasteiger partial charge in [0, 0.05) is 4.90 Å². The molecule has 0 radical (unpaired) electrons. The van der Waals surface area contributed by atoms with Crippen molar-refractivity contribution >= 4 is 59.3 Å². The molecule has 502 valence electrons. The normalized spacial score (nSPS) is 21.0. The number of esters is 2. The summed E-state index contributed by atoms with van der Waals surface area (Å²) in [4.78, 5) is 45.2. The molecule has 12 rings (SSSR count). The summed E-state index contributed by atoms with van der Waals surface area (Å²) in [7, 11) is -3.39. The summed E-state index contributed by atoms with van der Waals surface area (Å²) in [6.45, 7) is 8.29. The molecule has 0 spiro atoms. The van der Waals surface area contributed by atoms with E-state index in [9.17, 15) is 9.59 Å². The van der Waals surface area contributed by atoms with Gasteiger partial charge in [-0.2, -0.15) is 0 Å². The fourth-order valence-corrected chi connectivity index (χ4v) is 18.4. The van der Waals surface area contributed by atoms with E-state index in [1.54, 1.807) is 54.6 Å². The highest BCUT2D eigenvalue weighted by Crippen LogP contribution is 2.43. The van der Waals surface area contributed by atoms with E-state index in [0.717, 1.165) is 53.9 Å². The van der Waals surface area contributed by atoms with Crippen molar-refractivity contribution in [2.45, 2.75) is 125 Å². The number of alkyl carbamates (subject to hydrolysis) is 1. The van der Waals surface area contributed by atoms with Crippen molar-refractivity contribution in [2.75, 3.05) is 13.2 Å². The molecule has 16 heteroatoms. The fraction of sp³-hybridized carbons (Fsp3) is 0.256. The average molecular weight is 1350 g/mol. The van der Waals surface area contributed by atoms with Crippen LogP contribution in [-0.4, -0.2) is 100 Å². The second-order valence-electron chi connectivity index (χ2n) is 25.5. The number of rotatable bonds is 26. The fourth-order valence-electron chi connectivity index (χ4n) is 12.7. The zero-order chi connectivity index (χ0) is 67.7. The van der Waals surface area contributed by atoms with E-state index >= 15 is 4.79 Å². The van der Waals surface area contributed by atoms with E-state index in [1.165, 1.54) is 11.8 Å². The molecule has 10 aromatic carbocycles. The number of fused-ring (bicyclic) bond motifs is 1. The van der Waals surface area contributed by atoms with E-state index in [1.807, 2.05) is 183 Å². The predicted octanol–water partition coefficient (Wildman–Crippen LogP) is 14.8. The van der Waals surface area contributed by atoms with Crippen molar-refractivity contribution in [3.63, 3.8) is 0 Å². The minimum atomic E-state index is -3.39. The Labute approximate surface area is 578 Å². The Morgan fingerprint density at radius 3 is 1.50 bits per heavy atom. The van der Waals surface area contributed by atoms with Crippen LogP contribution < -0.4 is 15.7 Å². The molecule has 14 nitrogen and oxygen atoms in total. The van der Waals surface area contributed by atoms with E-state index in [-0.39, 0.29) is 38.6 Å². The molecule has 0 aliphatic carbocycles. The van der Waals surface area contributed by atoms with Gasteiger partial charge in [-0.05, 0) is 97.8 Å². The number of aryl methyl sites for hydroxylation is 1. The van der Waals surface area contributed by atoms with E-state index < -0.39 is 98.5 Å². The molecule has 10 aromatic rings. The number of hydrogen-bond donors (Lipinski definition) is 1. The third kappa shape index (κ3) is 17.3. The van der Waals surface area contributed by atoms with Gasteiger partial charge in [0.2, 0.25) is 0 Å². The number of thioether (sulfide) groups is 1. The molecule has 2 aliphatic rings. The molecule has 2 aliphatic heterocycles. The molecule has 1 amide bonds. The summed E-state index contributed by atoms with van der Waals surface area (Å²) in [5.74, 6) is -1.39. The first kappa shape index (κ1) is 68.9. The zero-order valence-electron chi connectivity index (χ0n) is 55.3. The van der Waals surface area contributed by atoms with Gasteiger partial charge in [0.1, 0.15) is 61.3 Å². The third-order valence-electron chi connectivity index (χ3n) is 17.6. The zero-order valence-corrected chi connectivity index (χ0v) is 57.1. The largest absolute Gasteiger partial charge is 0.459 e. The Bertz CT molecular complexity index is 4100. The van der Waals surface area contributed by atoms with Crippen molar-refractivity contribution in [1.29, 1.82) is 0 Å². The van der Waals surface area contributed by atoms with Gasteiger partial charge < -0.3 is 52.4 Å². The number of carbonyl (C=O) groups excluding carboxylic acids is 3. The van der Waals surface area contributed by atoms with Crippen molar-refractivity contribution < 1.29 is 61.4 Å². The summed E-state index contributed by atoms with van der Waals surface area (Å²) in [5, 5.41) is 6.69. The van der Waals surface area contributed by atoms with Crippen molar-refractivity contribution in [1.82, 2.24) is 5.32 Å². The number of amides is 1. The molecule has 2 fully saturated rings. The topological polar surface area (TPSA) is 156 Å². The lowest BCUT2D eigenvalue weighted by atomic mass is 9.94. The van der Waals surface area contributed by atoms with Crippen LogP contribution in [0.4, 0.5) is 4.79 Å². The summed E-state index contributed by atoms with van der Waals surface area (Å²) in [6.07, 6.45) is -10.7. The van der Waals surface area contributed by atoms with E-state index in [4.69, 9.17) is 47.1 Å². The highest BCUT2D eigenvalue weighted by atomic mass is 32.2. The molecule has 0 aromatic heterocycles. The summed E-state index contributed by atoms with van der Waals surface area (Å²) in [5.41, 5.74) is 4.10. The highest BCUT2D eigenvalue weighted by Gasteiger charge is 2.57. The number of benzene rings is 10. The maximum atomic E-state index is 15.1. The molecule has 0 unspecified atom stereocenters. The number of carbonyl (C=O) groups is 3. The lowest BCUT2D eigenvalue weighted by molar-refractivity contribution is -0.327. The minimum Gasteiger partial charge on any atom is -0.459 e. The smallest absolute Gasteiger partial charge is 0.407 e. The van der Waals surface area contributed by atoms with Gasteiger partial charge in [0.15, 0.2) is 12.4 Å².